The van der Waals surface area contributed by atoms with E-state index in [1.54, 1.807) is 7.05 Å². The molecule has 6 heteroatoms. The summed E-state index contributed by atoms with van der Waals surface area (Å²) in [4.78, 5) is 36.6. The quantitative estimate of drug-likeness (QED) is 0.661. The summed E-state index contributed by atoms with van der Waals surface area (Å²) in [7, 11) is 1.63. The molecule has 0 radical (unpaired) electrons. The number of amides is 2. The van der Waals surface area contributed by atoms with Crippen molar-refractivity contribution in [3.8, 4) is 0 Å². The number of aliphatic carboxylic acids is 1. The van der Waals surface area contributed by atoms with Crippen molar-refractivity contribution in [3.63, 3.8) is 0 Å². The molecule has 0 aromatic heterocycles. The normalized spacial score (nSPS) is 19.2. The van der Waals surface area contributed by atoms with E-state index in [-0.39, 0.29) is 31.3 Å². The van der Waals surface area contributed by atoms with Crippen molar-refractivity contribution < 1.29 is 19.5 Å². The molecule has 17 heavy (non-hydrogen) atoms. The van der Waals surface area contributed by atoms with Crippen LogP contribution >= 0.6 is 0 Å². The van der Waals surface area contributed by atoms with Gasteiger partial charge < -0.3 is 14.9 Å². The number of carboxylic acids is 1. The van der Waals surface area contributed by atoms with E-state index in [0.29, 0.717) is 6.54 Å². The smallest absolute Gasteiger partial charge is 0.323 e. The lowest BCUT2D eigenvalue weighted by molar-refractivity contribution is -0.145. The first-order chi connectivity index (χ1) is 7.95. The van der Waals surface area contributed by atoms with Crippen molar-refractivity contribution in [2.24, 2.45) is 5.92 Å². The molecule has 2 amide bonds. The second kappa shape index (κ2) is 5.47. The average Bonchev–Trinajstić information content (AvgIpc) is 2.57. The Morgan fingerprint density at radius 2 is 2.29 bits per heavy atom. The minimum atomic E-state index is -1.07. The van der Waals surface area contributed by atoms with Gasteiger partial charge in [-0.05, 0) is 0 Å². The molecule has 1 saturated heterocycles. The number of hydrogen-bond donors (Lipinski definition) is 1. The van der Waals surface area contributed by atoms with Gasteiger partial charge >= 0.3 is 5.97 Å². The van der Waals surface area contributed by atoms with Gasteiger partial charge in [0.2, 0.25) is 11.8 Å². The van der Waals surface area contributed by atoms with E-state index in [1.807, 2.05) is 0 Å². The third-order valence-corrected chi connectivity index (χ3v) is 2.68. The summed E-state index contributed by atoms with van der Waals surface area (Å²) in [5.74, 6) is -1.90. The van der Waals surface area contributed by atoms with Crippen LogP contribution in [0, 0.1) is 5.92 Å². The van der Waals surface area contributed by atoms with Gasteiger partial charge in [0.1, 0.15) is 6.54 Å². The molecule has 1 heterocycles. The fourth-order valence-electron chi connectivity index (χ4n) is 1.84. The van der Waals surface area contributed by atoms with Crippen LogP contribution in [0.25, 0.3) is 0 Å². The first-order valence-corrected chi connectivity index (χ1v) is 5.31. The number of rotatable bonds is 5. The molecule has 0 aromatic rings. The molecular weight excluding hydrogens is 224 g/mol. The van der Waals surface area contributed by atoms with Gasteiger partial charge in [0, 0.05) is 26.6 Å². The van der Waals surface area contributed by atoms with Gasteiger partial charge in [0.15, 0.2) is 0 Å². The van der Waals surface area contributed by atoms with Crippen LogP contribution in [0.4, 0.5) is 0 Å². The van der Waals surface area contributed by atoms with Crippen LogP contribution < -0.4 is 0 Å². The van der Waals surface area contributed by atoms with Crippen molar-refractivity contribution in [2.75, 3.05) is 26.7 Å². The Morgan fingerprint density at radius 1 is 1.65 bits per heavy atom. The highest BCUT2D eigenvalue weighted by atomic mass is 16.4. The van der Waals surface area contributed by atoms with Crippen LogP contribution in [0.5, 0.6) is 0 Å². The monoisotopic (exact) mass is 240 g/mol. The van der Waals surface area contributed by atoms with Gasteiger partial charge in [-0.2, -0.15) is 0 Å². The average molecular weight is 240 g/mol. The van der Waals surface area contributed by atoms with Gasteiger partial charge in [-0.1, -0.05) is 6.08 Å². The third kappa shape index (κ3) is 3.30. The van der Waals surface area contributed by atoms with E-state index in [9.17, 15) is 14.4 Å². The van der Waals surface area contributed by atoms with Gasteiger partial charge in [-0.3, -0.25) is 14.4 Å². The Kier molecular flexibility index (Phi) is 4.25. The van der Waals surface area contributed by atoms with Gasteiger partial charge in [-0.15, -0.1) is 6.58 Å². The first-order valence-electron chi connectivity index (χ1n) is 5.31. The molecule has 1 aliphatic rings. The minimum absolute atomic E-state index is 0.0859. The van der Waals surface area contributed by atoms with Crippen LogP contribution in [0.2, 0.25) is 0 Å². The lowest BCUT2D eigenvalue weighted by Crippen LogP contribution is -2.40. The second-order valence-electron chi connectivity index (χ2n) is 4.08. The maximum absolute atomic E-state index is 12.0. The topological polar surface area (TPSA) is 77.9 Å². The Labute approximate surface area is 99.5 Å². The Hall–Kier alpha value is -1.85. The third-order valence-electron chi connectivity index (χ3n) is 2.68. The molecule has 1 aliphatic heterocycles. The van der Waals surface area contributed by atoms with Crippen molar-refractivity contribution in [1.29, 1.82) is 0 Å². The molecule has 1 rings (SSSR count). The Morgan fingerprint density at radius 3 is 2.71 bits per heavy atom. The van der Waals surface area contributed by atoms with E-state index in [0.717, 1.165) is 0 Å². The Balaban J connectivity index is 2.68. The van der Waals surface area contributed by atoms with Crippen molar-refractivity contribution in [2.45, 2.75) is 6.42 Å². The molecule has 0 spiro atoms. The van der Waals surface area contributed by atoms with Crippen LogP contribution in [0.15, 0.2) is 12.7 Å². The summed E-state index contributed by atoms with van der Waals surface area (Å²) in [6.07, 6.45) is 1.63. The molecule has 1 fully saturated rings. The molecular formula is C11H16N2O4. The highest BCUT2D eigenvalue weighted by molar-refractivity contribution is 5.90. The Bertz CT molecular complexity index is 353. The van der Waals surface area contributed by atoms with E-state index in [4.69, 9.17) is 5.11 Å². The van der Waals surface area contributed by atoms with Crippen molar-refractivity contribution in [1.82, 2.24) is 9.80 Å². The molecule has 1 atom stereocenters. The number of likely N-dealkylation sites (tertiary alicyclic amines) is 1. The van der Waals surface area contributed by atoms with Crippen LogP contribution in [-0.4, -0.2) is 59.4 Å². The summed E-state index contributed by atoms with van der Waals surface area (Å²) < 4.78 is 0. The van der Waals surface area contributed by atoms with Crippen LogP contribution in [0.3, 0.4) is 0 Å². The SMILES string of the molecule is C=CCN(CC(=O)O)C(=O)C1CC(=O)N(C)C1. The van der Waals surface area contributed by atoms with Gasteiger partial charge in [0.05, 0.1) is 5.92 Å². The largest absolute Gasteiger partial charge is 0.480 e. The summed E-state index contributed by atoms with van der Waals surface area (Å²) >= 11 is 0. The van der Waals surface area contributed by atoms with E-state index in [2.05, 4.69) is 6.58 Å². The molecule has 0 aromatic carbocycles. The molecule has 6 nitrogen and oxygen atoms in total. The number of carbonyl (C=O) groups excluding carboxylic acids is 2. The standard InChI is InChI=1S/C11H16N2O4/c1-3-4-13(7-10(15)16)11(17)8-5-9(14)12(2)6-8/h3,8H,1,4-7H2,2H3,(H,15,16). The molecule has 0 aliphatic carbocycles. The zero-order valence-corrected chi connectivity index (χ0v) is 9.76. The van der Waals surface area contributed by atoms with E-state index < -0.39 is 11.9 Å². The lowest BCUT2D eigenvalue weighted by atomic mass is 10.1. The molecule has 1 N–H and O–H groups in total. The first kappa shape index (κ1) is 13.2. The fraction of sp³-hybridized carbons (Fsp3) is 0.545. The molecule has 0 saturated carbocycles. The van der Waals surface area contributed by atoms with Crippen LogP contribution in [0.1, 0.15) is 6.42 Å². The zero-order chi connectivity index (χ0) is 13.0. The molecule has 0 bridgehead atoms. The van der Waals surface area contributed by atoms with Gasteiger partial charge in [-0.25, -0.2) is 0 Å². The highest BCUT2D eigenvalue weighted by Gasteiger charge is 2.34. The van der Waals surface area contributed by atoms with Gasteiger partial charge in [0.25, 0.3) is 0 Å². The maximum atomic E-state index is 12.0. The summed E-state index contributed by atoms with van der Waals surface area (Å²) in [5, 5.41) is 8.70. The lowest BCUT2D eigenvalue weighted by Gasteiger charge is -2.22. The van der Waals surface area contributed by atoms with Crippen LogP contribution in [-0.2, 0) is 14.4 Å². The number of hydrogen-bond acceptors (Lipinski definition) is 3. The number of carboxylic acid groups (broad SMARTS) is 1. The summed E-state index contributed by atoms with van der Waals surface area (Å²) in [6, 6.07) is 0. The molecule has 1 unspecified atom stereocenters. The molecule has 94 valence electrons. The van der Waals surface area contributed by atoms with Crippen molar-refractivity contribution in [3.05, 3.63) is 12.7 Å². The predicted molar refractivity (Wildman–Crippen MR) is 60.2 cm³/mol. The zero-order valence-electron chi connectivity index (χ0n) is 9.76. The highest BCUT2D eigenvalue weighted by Crippen LogP contribution is 2.18. The number of carbonyl (C=O) groups is 3. The minimum Gasteiger partial charge on any atom is -0.480 e. The fourth-order valence-corrected chi connectivity index (χ4v) is 1.84. The maximum Gasteiger partial charge on any atom is 0.323 e. The second-order valence-corrected chi connectivity index (χ2v) is 4.08. The van der Waals surface area contributed by atoms with E-state index in [1.165, 1.54) is 15.9 Å². The number of nitrogens with zero attached hydrogens (tertiary/aromatic N) is 2. The predicted octanol–water partition coefficient (Wildman–Crippen LogP) is -0.436. The van der Waals surface area contributed by atoms with E-state index >= 15 is 0 Å². The summed E-state index contributed by atoms with van der Waals surface area (Å²) in [5.41, 5.74) is 0. The van der Waals surface area contributed by atoms with Crippen molar-refractivity contribution >= 4 is 17.8 Å². The summed E-state index contributed by atoms with van der Waals surface area (Å²) in [6.45, 7) is 3.65.